The number of hydrogen-bond acceptors (Lipinski definition) is 5. The van der Waals surface area contributed by atoms with Gasteiger partial charge in [-0.25, -0.2) is 12.7 Å². The molecule has 0 bridgehead atoms. The SMILES string of the molecule is CCn1c(CN2CCCC2)nnc1C1CCN(S(=O)(=O)CC)CC1. The monoisotopic (exact) mass is 355 g/mol. The van der Waals surface area contributed by atoms with E-state index in [1.807, 2.05) is 0 Å². The molecule has 1 aromatic heterocycles. The minimum absolute atomic E-state index is 0.183. The van der Waals surface area contributed by atoms with Crippen molar-refractivity contribution in [1.29, 1.82) is 0 Å². The number of piperidine rings is 1. The standard InChI is InChI=1S/C16H29N5O2S/c1-3-21-15(13-19-9-5-6-10-19)17-18-16(21)14-7-11-20(12-8-14)24(22,23)4-2/h14H,3-13H2,1-2H3. The Hall–Kier alpha value is -0.990. The first-order chi connectivity index (χ1) is 11.5. The summed E-state index contributed by atoms with van der Waals surface area (Å²) in [6, 6.07) is 0. The van der Waals surface area contributed by atoms with E-state index in [1.54, 1.807) is 11.2 Å². The molecule has 0 unspecified atom stereocenters. The first-order valence-corrected chi connectivity index (χ1v) is 10.8. The van der Waals surface area contributed by atoms with Gasteiger partial charge in [-0.3, -0.25) is 4.90 Å². The van der Waals surface area contributed by atoms with E-state index in [2.05, 4.69) is 26.6 Å². The summed E-state index contributed by atoms with van der Waals surface area (Å²) < 4.78 is 27.9. The maximum absolute atomic E-state index is 12.0. The van der Waals surface area contributed by atoms with Crippen molar-refractivity contribution >= 4 is 10.0 Å². The summed E-state index contributed by atoms with van der Waals surface area (Å²) in [6.45, 7) is 9.09. The van der Waals surface area contributed by atoms with Crippen molar-refractivity contribution in [2.75, 3.05) is 31.9 Å². The van der Waals surface area contributed by atoms with Crippen molar-refractivity contribution < 1.29 is 8.42 Å². The molecular weight excluding hydrogens is 326 g/mol. The fraction of sp³-hybridized carbons (Fsp3) is 0.875. The topological polar surface area (TPSA) is 71.3 Å². The lowest BCUT2D eigenvalue weighted by Gasteiger charge is -2.30. The average molecular weight is 356 g/mol. The van der Waals surface area contributed by atoms with Gasteiger partial charge in [0.05, 0.1) is 12.3 Å². The normalized spacial score (nSPS) is 21.6. The number of nitrogens with zero attached hydrogens (tertiary/aromatic N) is 5. The van der Waals surface area contributed by atoms with Gasteiger partial charge in [-0.1, -0.05) is 0 Å². The lowest BCUT2D eigenvalue weighted by Crippen LogP contribution is -2.39. The van der Waals surface area contributed by atoms with Gasteiger partial charge in [0, 0.05) is 25.6 Å². The van der Waals surface area contributed by atoms with Gasteiger partial charge in [0.25, 0.3) is 0 Å². The molecule has 0 aliphatic carbocycles. The van der Waals surface area contributed by atoms with Crippen LogP contribution in [0.3, 0.4) is 0 Å². The summed E-state index contributed by atoms with van der Waals surface area (Å²) in [7, 11) is -3.07. The third-order valence-corrected chi connectivity index (χ3v) is 7.19. The first-order valence-electron chi connectivity index (χ1n) is 9.17. The van der Waals surface area contributed by atoms with Crippen LogP contribution in [-0.4, -0.2) is 64.3 Å². The summed E-state index contributed by atoms with van der Waals surface area (Å²) in [5.41, 5.74) is 0. The fourth-order valence-corrected chi connectivity index (χ4v) is 4.96. The smallest absolute Gasteiger partial charge is 0.213 e. The second-order valence-corrected chi connectivity index (χ2v) is 9.03. The zero-order valence-electron chi connectivity index (χ0n) is 14.8. The molecule has 7 nitrogen and oxygen atoms in total. The molecule has 0 atom stereocenters. The zero-order chi connectivity index (χ0) is 17.2. The molecule has 1 aromatic rings. The Balaban J connectivity index is 1.68. The molecule has 2 fully saturated rings. The van der Waals surface area contributed by atoms with Crippen molar-refractivity contribution in [3.63, 3.8) is 0 Å². The van der Waals surface area contributed by atoms with Crippen molar-refractivity contribution in [2.24, 2.45) is 0 Å². The molecule has 0 N–H and O–H groups in total. The van der Waals surface area contributed by atoms with Crippen molar-refractivity contribution in [1.82, 2.24) is 24.0 Å². The second kappa shape index (κ2) is 7.49. The third-order valence-electron chi connectivity index (χ3n) is 5.31. The van der Waals surface area contributed by atoms with Gasteiger partial charge >= 0.3 is 0 Å². The summed E-state index contributed by atoms with van der Waals surface area (Å²) in [6.07, 6.45) is 4.22. The van der Waals surface area contributed by atoms with Crippen LogP contribution in [0.2, 0.25) is 0 Å². The van der Waals surface area contributed by atoms with Gasteiger partial charge in [-0.15, -0.1) is 10.2 Å². The van der Waals surface area contributed by atoms with Gasteiger partial charge in [-0.2, -0.15) is 0 Å². The van der Waals surface area contributed by atoms with E-state index >= 15 is 0 Å². The minimum atomic E-state index is -3.07. The Labute approximate surface area is 145 Å². The highest BCUT2D eigenvalue weighted by Crippen LogP contribution is 2.29. The van der Waals surface area contributed by atoms with Crippen molar-refractivity contribution in [3.05, 3.63) is 11.6 Å². The highest BCUT2D eigenvalue weighted by atomic mass is 32.2. The predicted octanol–water partition coefficient (Wildman–Crippen LogP) is 1.42. The fourth-order valence-electron chi connectivity index (χ4n) is 3.83. The molecule has 3 rings (SSSR count). The molecule has 8 heteroatoms. The van der Waals surface area contributed by atoms with E-state index < -0.39 is 10.0 Å². The number of rotatable bonds is 6. The van der Waals surface area contributed by atoms with Crippen LogP contribution >= 0.6 is 0 Å². The molecule has 0 radical (unpaired) electrons. The van der Waals surface area contributed by atoms with Crippen molar-refractivity contribution in [3.8, 4) is 0 Å². The van der Waals surface area contributed by atoms with E-state index in [1.165, 1.54) is 12.8 Å². The molecule has 2 aliphatic heterocycles. The summed E-state index contributed by atoms with van der Waals surface area (Å²) >= 11 is 0. The van der Waals surface area contributed by atoms with Crippen LogP contribution in [0.25, 0.3) is 0 Å². The van der Waals surface area contributed by atoms with Crippen LogP contribution in [0.5, 0.6) is 0 Å². The largest absolute Gasteiger partial charge is 0.314 e. The molecule has 0 amide bonds. The van der Waals surface area contributed by atoms with E-state index in [4.69, 9.17) is 0 Å². The van der Waals surface area contributed by atoms with E-state index in [-0.39, 0.29) is 5.75 Å². The quantitative estimate of drug-likeness (QED) is 0.772. The van der Waals surface area contributed by atoms with Gasteiger partial charge in [0.2, 0.25) is 10.0 Å². The summed E-state index contributed by atoms with van der Waals surface area (Å²) in [5.74, 6) is 2.59. The average Bonchev–Trinajstić information content (AvgIpc) is 3.25. The van der Waals surface area contributed by atoms with Gasteiger partial charge < -0.3 is 4.57 Å². The van der Waals surface area contributed by atoms with Crippen LogP contribution in [-0.2, 0) is 23.1 Å². The lowest BCUT2D eigenvalue weighted by atomic mass is 9.97. The number of hydrogen-bond donors (Lipinski definition) is 0. The zero-order valence-corrected chi connectivity index (χ0v) is 15.6. The van der Waals surface area contributed by atoms with Crippen LogP contribution in [0.4, 0.5) is 0 Å². The summed E-state index contributed by atoms with van der Waals surface area (Å²) in [4.78, 5) is 2.44. The Kier molecular flexibility index (Phi) is 5.56. The molecule has 0 aromatic carbocycles. The highest BCUT2D eigenvalue weighted by molar-refractivity contribution is 7.89. The molecule has 2 aliphatic rings. The van der Waals surface area contributed by atoms with E-state index in [0.29, 0.717) is 19.0 Å². The Morgan fingerprint density at radius 1 is 1.04 bits per heavy atom. The van der Waals surface area contributed by atoms with Crippen LogP contribution in [0, 0.1) is 0 Å². The Morgan fingerprint density at radius 3 is 2.29 bits per heavy atom. The molecule has 2 saturated heterocycles. The molecule has 24 heavy (non-hydrogen) atoms. The highest BCUT2D eigenvalue weighted by Gasteiger charge is 2.30. The predicted molar refractivity (Wildman–Crippen MR) is 93.2 cm³/mol. The third kappa shape index (κ3) is 3.65. The maximum atomic E-state index is 12.0. The number of likely N-dealkylation sites (tertiary alicyclic amines) is 1. The molecule has 0 spiro atoms. The van der Waals surface area contributed by atoms with Crippen LogP contribution < -0.4 is 0 Å². The first kappa shape index (κ1) is 17.8. The van der Waals surface area contributed by atoms with E-state index in [0.717, 1.165) is 50.7 Å². The molecular formula is C16H29N5O2S. The molecule has 0 saturated carbocycles. The van der Waals surface area contributed by atoms with Gasteiger partial charge in [0.15, 0.2) is 0 Å². The van der Waals surface area contributed by atoms with Gasteiger partial charge in [-0.05, 0) is 52.6 Å². The van der Waals surface area contributed by atoms with Gasteiger partial charge in [0.1, 0.15) is 11.6 Å². The van der Waals surface area contributed by atoms with Crippen LogP contribution in [0.15, 0.2) is 0 Å². The molecule has 136 valence electrons. The molecule has 3 heterocycles. The Morgan fingerprint density at radius 2 is 1.71 bits per heavy atom. The number of aromatic nitrogens is 3. The summed E-state index contributed by atoms with van der Waals surface area (Å²) in [5, 5.41) is 8.93. The number of sulfonamides is 1. The lowest BCUT2D eigenvalue weighted by molar-refractivity contribution is 0.303. The Bertz CT molecular complexity index is 643. The maximum Gasteiger partial charge on any atom is 0.213 e. The second-order valence-electron chi connectivity index (χ2n) is 6.78. The van der Waals surface area contributed by atoms with E-state index in [9.17, 15) is 8.42 Å². The van der Waals surface area contributed by atoms with Crippen LogP contribution in [0.1, 0.15) is 57.1 Å². The van der Waals surface area contributed by atoms with Crippen molar-refractivity contribution in [2.45, 2.75) is 58.5 Å². The minimum Gasteiger partial charge on any atom is -0.314 e.